The number of fused-ring (bicyclic) bond motifs is 1. The van der Waals surface area contributed by atoms with Crippen LogP contribution in [0, 0.1) is 19.8 Å². The lowest BCUT2D eigenvalue weighted by molar-refractivity contribution is -0.117. The maximum absolute atomic E-state index is 13.0. The standard InChI is InChI=1S/C20H24N4O3S/c1-12(2)9-23-18(26)11-28-16-8-21-24(20(27)19(16)23)10-17(25)22-15-7-5-6-13(3)14(15)4/h5-8,12H,9-11H2,1-4H3,(H,22,25). The molecule has 1 N–H and O–H groups in total. The highest BCUT2D eigenvalue weighted by atomic mass is 32.2. The van der Waals surface area contributed by atoms with Crippen LogP contribution in [0.2, 0.25) is 0 Å². The molecule has 1 aliphatic rings. The minimum atomic E-state index is -0.421. The monoisotopic (exact) mass is 400 g/mol. The molecule has 0 bridgehead atoms. The summed E-state index contributed by atoms with van der Waals surface area (Å²) < 4.78 is 1.12. The van der Waals surface area contributed by atoms with E-state index >= 15 is 0 Å². The first-order valence-electron chi connectivity index (χ1n) is 9.17. The van der Waals surface area contributed by atoms with Gasteiger partial charge in [-0.1, -0.05) is 26.0 Å². The summed E-state index contributed by atoms with van der Waals surface area (Å²) in [5, 5.41) is 6.97. The zero-order valence-electron chi connectivity index (χ0n) is 16.5. The van der Waals surface area contributed by atoms with Crippen LogP contribution in [0.3, 0.4) is 0 Å². The summed E-state index contributed by atoms with van der Waals surface area (Å²) in [6.45, 7) is 8.13. The molecule has 0 unspecified atom stereocenters. The van der Waals surface area contributed by atoms with Crippen molar-refractivity contribution in [3.8, 4) is 0 Å². The third kappa shape index (κ3) is 4.11. The number of carbonyl (C=O) groups is 2. The van der Waals surface area contributed by atoms with E-state index in [0.29, 0.717) is 22.8 Å². The van der Waals surface area contributed by atoms with Crippen molar-refractivity contribution in [1.29, 1.82) is 0 Å². The fraction of sp³-hybridized carbons (Fsp3) is 0.400. The Bertz CT molecular complexity index is 984. The molecule has 7 nitrogen and oxygen atoms in total. The van der Waals surface area contributed by atoms with Crippen LogP contribution in [0.1, 0.15) is 25.0 Å². The fourth-order valence-electron chi connectivity index (χ4n) is 3.04. The van der Waals surface area contributed by atoms with Gasteiger partial charge in [-0.3, -0.25) is 14.4 Å². The molecule has 1 aromatic carbocycles. The first-order chi connectivity index (χ1) is 13.3. The Hall–Kier alpha value is -2.61. The number of thioether (sulfide) groups is 1. The summed E-state index contributed by atoms with van der Waals surface area (Å²) in [6.07, 6.45) is 1.56. The SMILES string of the molecule is Cc1cccc(NC(=O)Cn2ncc3c(c2=O)N(CC(C)C)C(=O)CS3)c1C. The third-order valence-electron chi connectivity index (χ3n) is 4.63. The molecular formula is C20H24N4O3S. The molecule has 28 heavy (non-hydrogen) atoms. The van der Waals surface area contributed by atoms with E-state index in [1.165, 1.54) is 16.7 Å². The van der Waals surface area contributed by atoms with Crippen LogP contribution in [-0.2, 0) is 16.1 Å². The Morgan fingerprint density at radius 1 is 1.29 bits per heavy atom. The summed E-state index contributed by atoms with van der Waals surface area (Å²) >= 11 is 1.31. The molecule has 0 radical (unpaired) electrons. The molecular weight excluding hydrogens is 376 g/mol. The molecule has 0 spiro atoms. The molecule has 0 atom stereocenters. The van der Waals surface area contributed by atoms with E-state index in [1.54, 1.807) is 6.20 Å². The Morgan fingerprint density at radius 2 is 2.04 bits per heavy atom. The Labute approximate surface area is 168 Å². The van der Waals surface area contributed by atoms with Gasteiger partial charge in [0.15, 0.2) is 0 Å². The van der Waals surface area contributed by atoms with Gasteiger partial charge in [0, 0.05) is 12.2 Å². The van der Waals surface area contributed by atoms with Crippen molar-refractivity contribution < 1.29 is 9.59 Å². The van der Waals surface area contributed by atoms with Crippen molar-refractivity contribution in [3.05, 3.63) is 45.9 Å². The van der Waals surface area contributed by atoms with Crippen LogP contribution in [0.25, 0.3) is 0 Å². The van der Waals surface area contributed by atoms with Gasteiger partial charge in [0.1, 0.15) is 12.2 Å². The van der Waals surface area contributed by atoms with Crippen molar-refractivity contribution in [2.75, 3.05) is 22.5 Å². The van der Waals surface area contributed by atoms with Crippen LogP contribution >= 0.6 is 11.8 Å². The number of carbonyl (C=O) groups excluding carboxylic acids is 2. The molecule has 1 aromatic heterocycles. The van der Waals surface area contributed by atoms with E-state index in [-0.39, 0.29) is 30.0 Å². The molecule has 2 aromatic rings. The third-order valence-corrected chi connectivity index (χ3v) is 5.63. The van der Waals surface area contributed by atoms with Gasteiger partial charge in [-0.05, 0) is 37.0 Å². The molecule has 0 saturated heterocycles. The predicted molar refractivity (Wildman–Crippen MR) is 111 cm³/mol. The number of nitrogens with zero attached hydrogens (tertiary/aromatic N) is 3. The van der Waals surface area contributed by atoms with E-state index < -0.39 is 5.56 Å². The van der Waals surface area contributed by atoms with Gasteiger partial charge < -0.3 is 10.2 Å². The van der Waals surface area contributed by atoms with Gasteiger partial charge in [0.2, 0.25) is 11.8 Å². The van der Waals surface area contributed by atoms with E-state index in [4.69, 9.17) is 0 Å². The average molecular weight is 401 g/mol. The number of rotatable bonds is 5. The Morgan fingerprint density at radius 3 is 2.75 bits per heavy atom. The van der Waals surface area contributed by atoms with E-state index in [9.17, 15) is 14.4 Å². The highest BCUT2D eigenvalue weighted by Gasteiger charge is 2.29. The molecule has 2 heterocycles. The number of hydrogen-bond acceptors (Lipinski definition) is 5. The summed E-state index contributed by atoms with van der Waals surface area (Å²) in [5.41, 5.74) is 2.66. The zero-order chi connectivity index (χ0) is 20.4. The number of aryl methyl sites for hydroxylation is 1. The summed E-state index contributed by atoms with van der Waals surface area (Å²) in [4.78, 5) is 40.0. The number of benzene rings is 1. The highest BCUT2D eigenvalue weighted by molar-refractivity contribution is 8.00. The number of anilines is 2. The molecule has 3 rings (SSSR count). The fourth-order valence-corrected chi connectivity index (χ4v) is 3.93. The lowest BCUT2D eigenvalue weighted by atomic mass is 10.1. The van der Waals surface area contributed by atoms with Crippen LogP contribution in [-0.4, -0.2) is 33.9 Å². The van der Waals surface area contributed by atoms with Gasteiger partial charge in [-0.2, -0.15) is 5.10 Å². The molecule has 0 fully saturated rings. The second-order valence-electron chi connectivity index (χ2n) is 7.30. The molecule has 0 aliphatic carbocycles. The smallest absolute Gasteiger partial charge is 0.292 e. The van der Waals surface area contributed by atoms with Gasteiger partial charge in [-0.25, -0.2) is 4.68 Å². The Balaban J connectivity index is 1.87. The average Bonchev–Trinajstić information content (AvgIpc) is 2.63. The van der Waals surface area contributed by atoms with Crippen LogP contribution in [0.15, 0.2) is 34.1 Å². The summed E-state index contributed by atoms with van der Waals surface area (Å²) in [7, 11) is 0. The van der Waals surface area contributed by atoms with Crippen LogP contribution in [0.5, 0.6) is 0 Å². The maximum atomic E-state index is 13.0. The second kappa shape index (κ2) is 8.18. The molecule has 2 amide bonds. The lowest BCUT2D eigenvalue weighted by Crippen LogP contribution is -2.44. The largest absolute Gasteiger partial charge is 0.324 e. The first kappa shape index (κ1) is 20.1. The molecule has 8 heteroatoms. The predicted octanol–water partition coefficient (Wildman–Crippen LogP) is 2.59. The van der Waals surface area contributed by atoms with Crippen molar-refractivity contribution in [1.82, 2.24) is 9.78 Å². The molecule has 148 valence electrons. The molecule has 1 aliphatic heterocycles. The van der Waals surface area contributed by atoms with Gasteiger partial charge in [0.25, 0.3) is 5.56 Å². The van der Waals surface area contributed by atoms with Crippen molar-refractivity contribution >= 4 is 35.0 Å². The topological polar surface area (TPSA) is 84.3 Å². The van der Waals surface area contributed by atoms with Gasteiger partial charge >= 0.3 is 0 Å². The van der Waals surface area contributed by atoms with Gasteiger partial charge in [-0.15, -0.1) is 11.8 Å². The van der Waals surface area contributed by atoms with Crippen LogP contribution in [0.4, 0.5) is 11.4 Å². The normalized spacial score (nSPS) is 13.6. The highest BCUT2D eigenvalue weighted by Crippen LogP contribution is 2.32. The Kier molecular flexibility index (Phi) is 5.88. The summed E-state index contributed by atoms with van der Waals surface area (Å²) in [5.74, 6) is 0.0701. The van der Waals surface area contributed by atoms with Crippen molar-refractivity contribution in [2.24, 2.45) is 5.92 Å². The lowest BCUT2D eigenvalue weighted by Gasteiger charge is -2.29. The second-order valence-corrected chi connectivity index (χ2v) is 8.32. The number of aromatic nitrogens is 2. The van der Waals surface area contributed by atoms with Crippen molar-refractivity contribution in [2.45, 2.75) is 39.1 Å². The van der Waals surface area contributed by atoms with E-state index in [2.05, 4.69) is 10.4 Å². The van der Waals surface area contributed by atoms with Crippen LogP contribution < -0.4 is 15.8 Å². The maximum Gasteiger partial charge on any atom is 0.292 e. The van der Waals surface area contributed by atoms with Gasteiger partial charge in [0.05, 0.1) is 16.8 Å². The quantitative estimate of drug-likeness (QED) is 0.834. The minimum absolute atomic E-state index is 0.0964. The number of hydrogen-bond donors (Lipinski definition) is 1. The van der Waals surface area contributed by atoms with E-state index in [1.807, 2.05) is 45.9 Å². The number of amides is 2. The zero-order valence-corrected chi connectivity index (χ0v) is 17.3. The summed E-state index contributed by atoms with van der Waals surface area (Å²) in [6, 6.07) is 5.66. The molecule has 0 saturated carbocycles. The van der Waals surface area contributed by atoms with Crippen molar-refractivity contribution in [3.63, 3.8) is 0 Å². The first-order valence-corrected chi connectivity index (χ1v) is 10.2. The number of nitrogens with one attached hydrogen (secondary N) is 1. The van der Waals surface area contributed by atoms with E-state index in [0.717, 1.165) is 15.8 Å². The minimum Gasteiger partial charge on any atom is -0.324 e.